The Morgan fingerprint density at radius 1 is 1.41 bits per heavy atom. The summed E-state index contributed by atoms with van der Waals surface area (Å²) in [6.07, 6.45) is 0.790. The van der Waals surface area contributed by atoms with Crippen LogP contribution in [0.3, 0.4) is 0 Å². The summed E-state index contributed by atoms with van der Waals surface area (Å²) in [6.45, 7) is 6.45. The number of hydrogen-bond donors (Lipinski definition) is 3. The monoisotopic (exact) mass is 304 g/mol. The van der Waals surface area contributed by atoms with Crippen LogP contribution < -0.4 is 16.7 Å². The van der Waals surface area contributed by atoms with Gasteiger partial charge in [-0.1, -0.05) is 26.0 Å². The van der Waals surface area contributed by atoms with Crippen molar-refractivity contribution in [3.8, 4) is 0 Å². The lowest BCUT2D eigenvalue weighted by Crippen LogP contribution is -2.53. The lowest BCUT2D eigenvalue weighted by Gasteiger charge is -2.31. The van der Waals surface area contributed by atoms with E-state index in [1.807, 2.05) is 31.2 Å². The van der Waals surface area contributed by atoms with Gasteiger partial charge < -0.3 is 16.0 Å². The molecule has 1 heterocycles. The molecule has 120 valence electrons. The van der Waals surface area contributed by atoms with Crippen molar-refractivity contribution in [1.82, 2.24) is 14.9 Å². The SMILES string of the molecule is CC(C)CC(C)(CN)NC(=O)Cn1c(=O)[nH]c2ccccc21. The van der Waals surface area contributed by atoms with Crippen LogP contribution in [0.15, 0.2) is 29.1 Å². The Bertz CT molecular complexity index is 716. The molecular weight excluding hydrogens is 280 g/mol. The number of rotatable bonds is 6. The zero-order chi connectivity index (χ0) is 16.3. The normalized spacial score (nSPS) is 14.2. The summed E-state index contributed by atoms with van der Waals surface area (Å²) in [5.74, 6) is 0.213. The summed E-state index contributed by atoms with van der Waals surface area (Å²) in [5, 5.41) is 2.97. The Balaban J connectivity index is 2.17. The average Bonchev–Trinajstić information content (AvgIpc) is 2.74. The highest BCUT2D eigenvalue weighted by Gasteiger charge is 2.26. The van der Waals surface area contributed by atoms with E-state index in [1.165, 1.54) is 4.57 Å². The lowest BCUT2D eigenvalue weighted by molar-refractivity contribution is -0.123. The van der Waals surface area contributed by atoms with Gasteiger partial charge in [0.1, 0.15) is 6.54 Å². The first-order valence-electron chi connectivity index (χ1n) is 7.53. The van der Waals surface area contributed by atoms with Crippen molar-refractivity contribution < 1.29 is 4.79 Å². The number of hydrogen-bond acceptors (Lipinski definition) is 3. The molecule has 6 nitrogen and oxygen atoms in total. The second-order valence-electron chi connectivity index (χ2n) is 6.44. The van der Waals surface area contributed by atoms with E-state index in [9.17, 15) is 9.59 Å². The molecule has 22 heavy (non-hydrogen) atoms. The Morgan fingerprint density at radius 3 is 2.73 bits per heavy atom. The average molecular weight is 304 g/mol. The number of aromatic amines is 1. The first-order valence-corrected chi connectivity index (χ1v) is 7.53. The Kier molecular flexibility index (Phi) is 4.71. The van der Waals surface area contributed by atoms with E-state index in [1.54, 1.807) is 0 Å². The predicted molar refractivity (Wildman–Crippen MR) is 87.6 cm³/mol. The molecule has 0 aliphatic carbocycles. The van der Waals surface area contributed by atoms with E-state index >= 15 is 0 Å². The van der Waals surface area contributed by atoms with Gasteiger partial charge in [-0.15, -0.1) is 0 Å². The van der Waals surface area contributed by atoms with Crippen molar-refractivity contribution in [3.05, 3.63) is 34.7 Å². The van der Waals surface area contributed by atoms with Gasteiger partial charge in [0, 0.05) is 12.1 Å². The first kappa shape index (κ1) is 16.3. The van der Waals surface area contributed by atoms with E-state index in [0.717, 1.165) is 17.5 Å². The van der Waals surface area contributed by atoms with Gasteiger partial charge in [-0.2, -0.15) is 0 Å². The van der Waals surface area contributed by atoms with Crippen LogP contribution >= 0.6 is 0 Å². The van der Waals surface area contributed by atoms with Crippen LogP contribution in [0.1, 0.15) is 27.2 Å². The number of para-hydroxylation sites is 2. The number of nitrogens with one attached hydrogen (secondary N) is 2. The molecular formula is C16H24N4O2. The molecule has 1 aromatic heterocycles. The fourth-order valence-corrected chi connectivity index (χ4v) is 2.87. The van der Waals surface area contributed by atoms with Crippen LogP contribution in [-0.4, -0.2) is 27.5 Å². The van der Waals surface area contributed by atoms with Crippen molar-refractivity contribution in [3.63, 3.8) is 0 Å². The van der Waals surface area contributed by atoms with Crippen LogP contribution in [0, 0.1) is 5.92 Å². The summed E-state index contributed by atoms with van der Waals surface area (Å²) >= 11 is 0. The highest BCUT2D eigenvalue weighted by Crippen LogP contribution is 2.15. The van der Waals surface area contributed by atoms with Gasteiger partial charge in [0.2, 0.25) is 5.91 Å². The minimum absolute atomic E-state index is 0.0173. The molecule has 2 aromatic rings. The van der Waals surface area contributed by atoms with Gasteiger partial charge in [-0.05, 0) is 31.4 Å². The summed E-state index contributed by atoms with van der Waals surface area (Å²) < 4.78 is 1.44. The van der Waals surface area contributed by atoms with Crippen LogP contribution in [0.4, 0.5) is 0 Å². The zero-order valence-electron chi connectivity index (χ0n) is 13.3. The molecule has 1 atom stereocenters. The number of benzene rings is 1. The van der Waals surface area contributed by atoms with Gasteiger partial charge in [0.05, 0.1) is 11.0 Å². The smallest absolute Gasteiger partial charge is 0.326 e. The van der Waals surface area contributed by atoms with Gasteiger partial charge in [-0.25, -0.2) is 4.79 Å². The molecule has 0 saturated carbocycles. The van der Waals surface area contributed by atoms with Crippen molar-refractivity contribution in [2.75, 3.05) is 6.54 Å². The van der Waals surface area contributed by atoms with E-state index in [-0.39, 0.29) is 18.1 Å². The van der Waals surface area contributed by atoms with Crippen molar-refractivity contribution in [2.45, 2.75) is 39.3 Å². The standard InChI is InChI=1S/C16H24N4O2/c1-11(2)8-16(3,10-17)19-14(21)9-20-13-7-5-4-6-12(13)18-15(20)22/h4-7,11H,8-10,17H2,1-3H3,(H,18,22)(H,19,21). The maximum Gasteiger partial charge on any atom is 0.326 e. The topological polar surface area (TPSA) is 92.9 Å². The molecule has 1 aromatic carbocycles. The minimum atomic E-state index is -0.457. The molecule has 0 saturated heterocycles. The molecule has 0 aliphatic rings. The van der Waals surface area contributed by atoms with Crippen LogP contribution in [0.5, 0.6) is 0 Å². The number of carbonyl (C=O) groups excluding carboxylic acids is 1. The summed E-state index contributed by atoms with van der Waals surface area (Å²) in [4.78, 5) is 27.1. The number of H-pyrrole nitrogens is 1. The molecule has 0 aliphatic heterocycles. The number of nitrogens with zero attached hydrogens (tertiary/aromatic N) is 1. The number of imidazole rings is 1. The maximum atomic E-state index is 12.3. The van der Waals surface area contributed by atoms with E-state index < -0.39 is 5.54 Å². The molecule has 0 spiro atoms. The number of fused-ring (bicyclic) bond motifs is 1. The zero-order valence-corrected chi connectivity index (χ0v) is 13.3. The molecule has 1 unspecified atom stereocenters. The van der Waals surface area contributed by atoms with Crippen molar-refractivity contribution >= 4 is 16.9 Å². The third-order valence-corrected chi connectivity index (χ3v) is 3.73. The lowest BCUT2D eigenvalue weighted by atomic mass is 9.91. The minimum Gasteiger partial charge on any atom is -0.348 e. The van der Waals surface area contributed by atoms with Crippen LogP contribution in [0.2, 0.25) is 0 Å². The predicted octanol–water partition coefficient (Wildman–Crippen LogP) is 1.21. The highest BCUT2D eigenvalue weighted by atomic mass is 16.2. The highest BCUT2D eigenvalue weighted by molar-refractivity contribution is 5.80. The van der Waals surface area contributed by atoms with Crippen molar-refractivity contribution in [2.24, 2.45) is 11.7 Å². The number of amides is 1. The molecule has 0 bridgehead atoms. The fourth-order valence-electron chi connectivity index (χ4n) is 2.87. The number of nitrogens with two attached hydrogens (primary N) is 1. The Morgan fingerprint density at radius 2 is 2.09 bits per heavy atom. The second kappa shape index (κ2) is 6.36. The Labute approximate surface area is 129 Å². The fraction of sp³-hybridized carbons (Fsp3) is 0.500. The molecule has 6 heteroatoms. The van der Waals surface area contributed by atoms with Crippen LogP contribution in [-0.2, 0) is 11.3 Å². The Hall–Kier alpha value is -2.08. The third kappa shape index (κ3) is 3.57. The van der Waals surface area contributed by atoms with E-state index in [0.29, 0.717) is 12.5 Å². The van der Waals surface area contributed by atoms with Crippen molar-refractivity contribution in [1.29, 1.82) is 0 Å². The largest absolute Gasteiger partial charge is 0.348 e. The quantitative estimate of drug-likeness (QED) is 0.749. The maximum absolute atomic E-state index is 12.3. The van der Waals surface area contributed by atoms with Crippen LogP contribution in [0.25, 0.3) is 11.0 Å². The first-order chi connectivity index (χ1) is 10.3. The van der Waals surface area contributed by atoms with Gasteiger partial charge in [0.25, 0.3) is 0 Å². The van der Waals surface area contributed by atoms with Gasteiger partial charge in [0.15, 0.2) is 0 Å². The summed E-state index contributed by atoms with van der Waals surface area (Å²) in [5.41, 5.74) is 6.52. The summed E-state index contributed by atoms with van der Waals surface area (Å²) in [6, 6.07) is 7.31. The number of aromatic nitrogens is 2. The number of carbonyl (C=O) groups is 1. The van der Waals surface area contributed by atoms with Gasteiger partial charge >= 0.3 is 5.69 Å². The van der Waals surface area contributed by atoms with E-state index in [4.69, 9.17) is 5.73 Å². The molecule has 4 N–H and O–H groups in total. The molecule has 2 rings (SSSR count). The third-order valence-electron chi connectivity index (χ3n) is 3.73. The molecule has 0 radical (unpaired) electrons. The summed E-state index contributed by atoms with van der Waals surface area (Å²) in [7, 11) is 0. The second-order valence-corrected chi connectivity index (χ2v) is 6.44. The van der Waals surface area contributed by atoms with Gasteiger partial charge in [-0.3, -0.25) is 9.36 Å². The molecule has 0 fully saturated rings. The molecule has 1 amide bonds. The van der Waals surface area contributed by atoms with E-state index in [2.05, 4.69) is 24.1 Å².